The van der Waals surface area contributed by atoms with Gasteiger partial charge in [0.25, 0.3) is 5.91 Å². The number of carbonyl (C=O) groups excluding carboxylic acids is 1. The summed E-state index contributed by atoms with van der Waals surface area (Å²) in [5, 5.41) is 12.6. The van der Waals surface area contributed by atoms with Crippen molar-refractivity contribution >= 4 is 35.3 Å². The first-order valence-corrected chi connectivity index (χ1v) is 10.1. The minimum Gasteiger partial charge on any atom is -0.480 e. The van der Waals surface area contributed by atoms with Gasteiger partial charge in [-0.05, 0) is 36.8 Å². The Morgan fingerprint density at radius 1 is 1.13 bits per heavy atom. The van der Waals surface area contributed by atoms with Crippen LogP contribution in [0, 0.1) is 6.92 Å². The Bertz CT molecular complexity index is 1170. The molecule has 0 aliphatic carbocycles. The van der Waals surface area contributed by atoms with Crippen LogP contribution in [0.15, 0.2) is 76.8 Å². The second kappa shape index (κ2) is 8.57. The largest absolute Gasteiger partial charge is 0.480 e. The van der Waals surface area contributed by atoms with Crippen LogP contribution in [0.25, 0.3) is 17.4 Å². The summed E-state index contributed by atoms with van der Waals surface area (Å²) in [7, 11) is 0. The van der Waals surface area contributed by atoms with Crippen LogP contribution in [0.4, 0.5) is 0 Å². The smallest absolute Gasteiger partial charge is 0.327 e. The summed E-state index contributed by atoms with van der Waals surface area (Å²) in [6.45, 7) is 2.01. The van der Waals surface area contributed by atoms with Crippen LogP contribution in [-0.2, 0) is 16.0 Å². The number of rotatable bonds is 6. The number of nitrogens with one attached hydrogen (secondary N) is 1. The molecule has 1 unspecified atom stereocenters. The number of aliphatic carboxylic acids is 1. The molecule has 3 aromatic rings. The molecule has 1 aliphatic rings. The molecule has 2 heterocycles. The molecule has 156 valence electrons. The van der Waals surface area contributed by atoms with Gasteiger partial charge >= 0.3 is 5.97 Å². The van der Waals surface area contributed by atoms with Crippen LogP contribution in [0.2, 0.25) is 0 Å². The molecule has 1 atom stereocenters. The SMILES string of the molecule is Cc1ccc(-c2ccc(C=C3NC(=S)N(C(Cc4ccccc4)C(=O)O)C3=O)o2)cc1. The first kappa shape index (κ1) is 20.6. The molecule has 1 saturated heterocycles. The van der Waals surface area contributed by atoms with E-state index < -0.39 is 17.9 Å². The molecule has 2 N–H and O–H groups in total. The Morgan fingerprint density at radius 2 is 1.84 bits per heavy atom. The molecule has 1 amide bonds. The minimum atomic E-state index is -1.12. The van der Waals surface area contributed by atoms with Crippen molar-refractivity contribution in [2.24, 2.45) is 0 Å². The van der Waals surface area contributed by atoms with E-state index in [-0.39, 0.29) is 17.2 Å². The summed E-state index contributed by atoms with van der Waals surface area (Å²) in [5.41, 5.74) is 3.05. The molecule has 1 aliphatic heterocycles. The lowest BCUT2D eigenvalue weighted by Gasteiger charge is -2.22. The van der Waals surface area contributed by atoms with E-state index in [1.807, 2.05) is 67.6 Å². The van der Waals surface area contributed by atoms with Gasteiger partial charge in [0.1, 0.15) is 23.3 Å². The summed E-state index contributed by atoms with van der Waals surface area (Å²) in [5.74, 6) is -0.487. The van der Waals surface area contributed by atoms with Crippen LogP contribution in [0.1, 0.15) is 16.9 Å². The average molecular weight is 433 g/mol. The molecular formula is C24H20N2O4S. The number of nitrogens with zero attached hydrogens (tertiary/aromatic N) is 1. The summed E-state index contributed by atoms with van der Waals surface area (Å²) < 4.78 is 5.85. The lowest BCUT2D eigenvalue weighted by Crippen LogP contribution is -2.46. The van der Waals surface area contributed by atoms with Gasteiger partial charge in [-0.25, -0.2) is 4.79 Å². The highest BCUT2D eigenvalue weighted by molar-refractivity contribution is 7.80. The number of hydrogen-bond acceptors (Lipinski definition) is 4. The Hall–Kier alpha value is -3.71. The predicted octanol–water partition coefficient (Wildman–Crippen LogP) is 4.01. The van der Waals surface area contributed by atoms with E-state index in [2.05, 4.69) is 5.32 Å². The molecule has 0 bridgehead atoms. The van der Waals surface area contributed by atoms with Crippen molar-refractivity contribution in [3.05, 3.63) is 89.3 Å². The van der Waals surface area contributed by atoms with E-state index in [1.54, 1.807) is 6.07 Å². The van der Waals surface area contributed by atoms with Gasteiger partial charge < -0.3 is 14.8 Å². The van der Waals surface area contributed by atoms with Gasteiger partial charge in [0.15, 0.2) is 5.11 Å². The van der Waals surface area contributed by atoms with Gasteiger partial charge in [0, 0.05) is 18.1 Å². The van der Waals surface area contributed by atoms with E-state index in [0.29, 0.717) is 11.5 Å². The molecule has 1 fully saturated rings. The molecule has 1 aromatic heterocycles. The zero-order chi connectivity index (χ0) is 22.0. The molecule has 2 aromatic carbocycles. The fourth-order valence-electron chi connectivity index (χ4n) is 3.40. The van der Waals surface area contributed by atoms with E-state index >= 15 is 0 Å². The topological polar surface area (TPSA) is 82.8 Å². The average Bonchev–Trinajstić information content (AvgIpc) is 3.32. The lowest BCUT2D eigenvalue weighted by molar-refractivity contribution is -0.145. The normalized spacial score (nSPS) is 15.9. The van der Waals surface area contributed by atoms with Crippen molar-refractivity contribution in [2.45, 2.75) is 19.4 Å². The molecule has 6 nitrogen and oxygen atoms in total. The van der Waals surface area contributed by atoms with Gasteiger partial charge in [0.05, 0.1) is 0 Å². The Labute approximate surface area is 184 Å². The molecule has 0 spiro atoms. The van der Waals surface area contributed by atoms with Crippen molar-refractivity contribution in [3.8, 4) is 11.3 Å². The van der Waals surface area contributed by atoms with E-state index in [1.165, 1.54) is 6.08 Å². The Morgan fingerprint density at radius 3 is 2.52 bits per heavy atom. The number of carbonyl (C=O) groups is 2. The number of amides is 1. The molecular weight excluding hydrogens is 412 g/mol. The lowest BCUT2D eigenvalue weighted by atomic mass is 10.0. The van der Waals surface area contributed by atoms with Gasteiger partial charge in [-0.15, -0.1) is 0 Å². The predicted molar refractivity (Wildman–Crippen MR) is 121 cm³/mol. The Kier molecular flexibility index (Phi) is 5.68. The summed E-state index contributed by atoms with van der Waals surface area (Å²) in [6, 6.07) is 19.5. The highest BCUT2D eigenvalue weighted by Crippen LogP contribution is 2.25. The van der Waals surface area contributed by atoms with Crippen molar-refractivity contribution in [3.63, 3.8) is 0 Å². The van der Waals surface area contributed by atoms with Crippen molar-refractivity contribution < 1.29 is 19.1 Å². The zero-order valence-electron chi connectivity index (χ0n) is 16.7. The summed E-state index contributed by atoms with van der Waals surface area (Å²) >= 11 is 5.28. The van der Waals surface area contributed by atoms with E-state index in [4.69, 9.17) is 16.6 Å². The molecule has 0 saturated carbocycles. The maximum Gasteiger partial charge on any atom is 0.327 e. The van der Waals surface area contributed by atoms with Crippen LogP contribution in [0.5, 0.6) is 0 Å². The second-order valence-corrected chi connectivity index (χ2v) is 7.66. The third-order valence-electron chi connectivity index (χ3n) is 5.03. The van der Waals surface area contributed by atoms with Gasteiger partial charge in [-0.1, -0.05) is 60.2 Å². The molecule has 4 rings (SSSR count). The number of furan rings is 1. The maximum absolute atomic E-state index is 13.0. The highest BCUT2D eigenvalue weighted by atomic mass is 32.1. The zero-order valence-corrected chi connectivity index (χ0v) is 17.6. The fraction of sp³-hybridized carbons (Fsp3) is 0.125. The number of carboxylic acids is 1. The van der Waals surface area contributed by atoms with E-state index in [0.717, 1.165) is 21.6 Å². The van der Waals surface area contributed by atoms with Crippen LogP contribution in [0.3, 0.4) is 0 Å². The number of hydrogen-bond donors (Lipinski definition) is 2. The standard InChI is InChI=1S/C24H20N2O4S/c1-15-7-9-17(10-8-15)21-12-11-18(30-21)14-19-22(27)26(24(31)25-19)20(23(28)29)13-16-5-3-2-4-6-16/h2-12,14,20H,13H2,1H3,(H,25,31)(H,28,29). The van der Waals surface area contributed by atoms with Crippen molar-refractivity contribution in [1.29, 1.82) is 0 Å². The summed E-state index contributed by atoms with van der Waals surface area (Å²) in [4.78, 5) is 26.0. The van der Waals surface area contributed by atoms with Gasteiger partial charge in [-0.2, -0.15) is 0 Å². The van der Waals surface area contributed by atoms with Gasteiger partial charge in [0.2, 0.25) is 0 Å². The van der Waals surface area contributed by atoms with Crippen molar-refractivity contribution in [2.75, 3.05) is 0 Å². The first-order valence-electron chi connectivity index (χ1n) is 9.72. The number of aryl methyl sites for hydroxylation is 1. The van der Waals surface area contributed by atoms with Crippen LogP contribution < -0.4 is 5.32 Å². The van der Waals surface area contributed by atoms with Crippen LogP contribution >= 0.6 is 12.2 Å². The number of carboxylic acid groups (broad SMARTS) is 1. The third-order valence-corrected chi connectivity index (χ3v) is 5.33. The number of benzene rings is 2. The second-order valence-electron chi connectivity index (χ2n) is 7.28. The Balaban J connectivity index is 1.56. The molecule has 0 radical (unpaired) electrons. The first-order chi connectivity index (χ1) is 14.9. The van der Waals surface area contributed by atoms with Gasteiger partial charge in [-0.3, -0.25) is 9.69 Å². The minimum absolute atomic E-state index is 0.0601. The molecule has 31 heavy (non-hydrogen) atoms. The number of thiocarbonyl (C=S) groups is 1. The summed E-state index contributed by atoms with van der Waals surface area (Å²) in [6.07, 6.45) is 1.68. The highest BCUT2D eigenvalue weighted by Gasteiger charge is 2.39. The molecule has 7 heteroatoms. The maximum atomic E-state index is 13.0. The fourth-order valence-corrected chi connectivity index (χ4v) is 3.72. The van der Waals surface area contributed by atoms with E-state index in [9.17, 15) is 14.7 Å². The van der Waals surface area contributed by atoms with Crippen molar-refractivity contribution in [1.82, 2.24) is 10.2 Å². The van der Waals surface area contributed by atoms with Crippen LogP contribution in [-0.4, -0.2) is 33.0 Å². The quantitative estimate of drug-likeness (QED) is 0.452. The third kappa shape index (κ3) is 4.41. The monoisotopic (exact) mass is 432 g/mol.